The standard InChI is InChI=1S/C13H15Cl2FN2/c1-4-7(2)18-12-6-10(16)9(15)5-11(12)17-13(18)8(3)14/h5-8H,4H2,1-3H3. The number of aromatic nitrogens is 2. The van der Waals surface area contributed by atoms with Crippen molar-refractivity contribution in [2.24, 2.45) is 0 Å². The maximum absolute atomic E-state index is 13.6. The van der Waals surface area contributed by atoms with Gasteiger partial charge >= 0.3 is 0 Å². The molecule has 98 valence electrons. The summed E-state index contributed by atoms with van der Waals surface area (Å²) in [4.78, 5) is 4.46. The Morgan fingerprint density at radius 2 is 2.06 bits per heavy atom. The third kappa shape index (κ3) is 2.21. The third-order valence-electron chi connectivity index (χ3n) is 3.15. The van der Waals surface area contributed by atoms with Gasteiger partial charge in [0.15, 0.2) is 0 Å². The molecule has 18 heavy (non-hydrogen) atoms. The first kappa shape index (κ1) is 13.6. The molecule has 0 spiro atoms. The Balaban J connectivity index is 2.77. The number of halogens is 3. The topological polar surface area (TPSA) is 17.8 Å². The molecular weight excluding hydrogens is 274 g/mol. The minimum Gasteiger partial charge on any atom is -0.324 e. The molecule has 5 heteroatoms. The fraction of sp³-hybridized carbons (Fsp3) is 0.462. The number of fused-ring (bicyclic) bond motifs is 1. The Morgan fingerprint density at radius 3 is 2.61 bits per heavy atom. The zero-order chi connectivity index (χ0) is 13.4. The van der Waals surface area contributed by atoms with Crippen molar-refractivity contribution in [3.63, 3.8) is 0 Å². The summed E-state index contributed by atoms with van der Waals surface area (Å²) >= 11 is 11.9. The third-order valence-corrected chi connectivity index (χ3v) is 3.63. The van der Waals surface area contributed by atoms with Crippen molar-refractivity contribution in [2.75, 3.05) is 0 Å². The van der Waals surface area contributed by atoms with E-state index in [9.17, 15) is 4.39 Å². The quantitative estimate of drug-likeness (QED) is 0.719. The second-order valence-electron chi connectivity index (χ2n) is 4.47. The fourth-order valence-corrected chi connectivity index (χ4v) is 2.35. The molecule has 1 aromatic heterocycles. The molecule has 2 nitrogen and oxygen atoms in total. The molecule has 0 bridgehead atoms. The van der Waals surface area contributed by atoms with Gasteiger partial charge < -0.3 is 4.57 Å². The number of alkyl halides is 1. The first-order chi connectivity index (χ1) is 8.45. The normalized spacial score (nSPS) is 15.0. The Bertz CT molecular complexity index is 578. The second-order valence-corrected chi connectivity index (χ2v) is 5.53. The van der Waals surface area contributed by atoms with E-state index >= 15 is 0 Å². The van der Waals surface area contributed by atoms with Gasteiger partial charge in [0.05, 0.1) is 21.4 Å². The number of benzene rings is 1. The van der Waals surface area contributed by atoms with Crippen LogP contribution in [0.5, 0.6) is 0 Å². The van der Waals surface area contributed by atoms with Crippen LogP contribution in [0.25, 0.3) is 11.0 Å². The zero-order valence-electron chi connectivity index (χ0n) is 10.5. The highest BCUT2D eigenvalue weighted by molar-refractivity contribution is 6.31. The van der Waals surface area contributed by atoms with Crippen molar-refractivity contribution < 1.29 is 4.39 Å². The van der Waals surface area contributed by atoms with Crippen LogP contribution in [0.1, 0.15) is 44.4 Å². The summed E-state index contributed by atoms with van der Waals surface area (Å²) in [5.74, 6) is 0.324. The van der Waals surface area contributed by atoms with Crippen LogP contribution in [0.15, 0.2) is 12.1 Å². The van der Waals surface area contributed by atoms with Gasteiger partial charge in [0.25, 0.3) is 0 Å². The van der Waals surface area contributed by atoms with E-state index < -0.39 is 5.82 Å². The summed E-state index contributed by atoms with van der Waals surface area (Å²) in [7, 11) is 0. The molecule has 0 aliphatic rings. The molecule has 2 unspecified atom stereocenters. The molecule has 2 aromatic rings. The van der Waals surface area contributed by atoms with Crippen LogP contribution in [-0.2, 0) is 0 Å². The highest BCUT2D eigenvalue weighted by Gasteiger charge is 2.19. The number of rotatable bonds is 3. The van der Waals surface area contributed by atoms with Crippen LogP contribution in [-0.4, -0.2) is 9.55 Å². The smallest absolute Gasteiger partial charge is 0.144 e. The van der Waals surface area contributed by atoms with Gasteiger partial charge in [0.1, 0.15) is 11.6 Å². The Labute approximate surface area is 116 Å². The highest BCUT2D eigenvalue weighted by Crippen LogP contribution is 2.31. The zero-order valence-corrected chi connectivity index (χ0v) is 12.1. The Hall–Kier alpha value is -0.800. The second kappa shape index (κ2) is 5.06. The van der Waals surface area contributed by atoms with Crippen molar-refractivity contribution in [3.8, 4) is 0 Å². The molecule has 0 aliphatic carbocycles. The lowest BCUT2D eigenvalue weighted by Crippen LogP contribution is -2.09. The van der Waals surface area contributed by atoms with Crippen LogP contribution in [0.3, 0.4) is 0 Å². The van der Waals surface area contributed by atoms with Crippen molar-refractivity contribution in [2.45, 2.75) is 38.6 Å². The van der Waals surface area contributed by atoms with Gasteiger partial charge in [-0.1, -0.05) is 18.5 Å². The molecule has 0 radical (unpaired) electrons. The van der Waals surface area contributed by atoms with Gasteiger partial charge in [-0.3, -0.25) is 0 Å². The van der Waals surface area contributed by atoms with Crippen LogP contribution in [0.2, 0.25) is 5.02 Å². The van der Waals surface area contributed by atoms with Crippen molar-refractivity contribution in [1.82, 2.24) is 9.55 Å². The molecule has 0 aliphatic heterocycles. The van der Waals surface area contributed by atoms with Gasteiger partial charge in [0, 0.05) is 12.1 Å². The fourth-order valence-electron chi connectivity index (χ4n) is 2.04. The highest BCUT2D eigenvalue weighted by atomic mass is 35.5. The van der Waals surface area contributed by atoms with Gasteiger partial charge in [-0.2, -0.15) is 0 Å². The van der Waals surface area contributed by atoms with E-state index in [0.717, 1.165) is 17.8 Å². The largest absolute Gasteiger partial charge is 0.324 e. The SMILES string of the molecule is CCC(C)n1c(C(C)Cl)nc2cc(Cl)c(F)cc21. The average molecular weight is 289 g/mol. The summed E-state index contributed by atoms with van der Waals surface area (Å²) in [6, 6.07) is 3.19. The molecule has 0 fully saturated rings. The van der Waals surface area contributed by atoms with Crippen LogP contribution >= 0.6 is 23.2 Å². The average Bonchev–Trinajstić information content (AvgIpc) is 2.67. The molecule has 0 saturated carbocycles. The molecule has 1 heterocycles. The van der Waals surface area contributed by atoms with Crippen molar-refractivity contribution >= 4 is 34.2 Å². The van der Waals surface area contributed by atoms with E-state index in [1.54, 1.807) is 6.07 Å². The molecule has 0 amide bonds. The Morgan fingerprint density at radius 1 is 1.39 bits per heavy atom. The summed E-state index contributed by atoms with van der Waals surface area (Å²) in [5, 5.41) is -0.140. The first-order valence-corrected chi connectivity index (χ1v) is 6.78. The number of hydrogen-bond donors (Lipinski definition) is 0. The summed E-state index contributed by atoms with van der Waals surface area (Å²) in [6.07, 6.45) is 0.923. The van der Waals surface area contributed by atoms with E-state index in [0.29, 0.717) is 5.52 Å². The number of hydrogen-bond acceptors (Lipinski definition) is 1. The van der Waals surface area contributed by atoms with Crippen LogP contribution in [0.4, 0.5) is 4.39 Å². The Kier molecular flexibility index (Phi) is 3.83. The van der Waals surface area contributed by atoms with Gasteiger partial charge in [-0.25, -0.2) is 9.37 Å². The van der Waals surface area contributed by atoms with Gasteiger partial charge in [0.2, 0.25) is 0 Å². The number of nitrogens with zero attached hydrogens (tertiary/aromatic N) is 2. The van der Waals surface area contributed by atoms with Crippen LogP contribution < -0.4 is 0 Å². The minimum atomic E-state index is -0.428. The lowest BCUT2D eigenvalue weighted by molar-refractivity contribution is 0.521. The molecule has 1 aromatic carbocycles. The van der Waals surface area contributed by atoms with E-state index in [-0.39, 0.29) is 16.4 Å². The van der Waals surface area contributed by atoms with E-state index in [1.807, 2.05) is 11.5 Å². The molecule has 2 rings (SSSR count). The van der Waals surface area contributed by atoms with Crippen LogP contribution in [0, 0.1) is 5.82 Å². The lowest BCUT2D eigenvalue weighted by Gasteiger charge is -2.16. The van der Waals surface area contributed by atoms with E-state index in [1.165, 1.54) is 6.07 Å². The van der Waals surface area contributed by atoms with Gasteiger partial charge in [-0.05, 0) is 26.3 Å². The molecule has 2 atom stereocenters. The minimum absolute atomic E-state index is 0.0880. The number of imidazole rings is 1. The van der Waals surface area contributed by atoms with Crippen molar-refractivity contribution in [3.05, 3.63) is 28.8 Å². The molecule has 0 N–H and O–H groups in total. The molecule has 0 saturated heterocycles. The lowest BCUT2D eigenvalue weighted by atomic mass is 10.2. The van der Waals surface area contributed by atoms with E-state index in [2.05, 4.69) is 18.8 Å². The maximum atomic E-state index is 13.6. The van der Waals surface area contributed by atoms with Gasteiger partial charge in [-0.15, -0.1) is 11.6 Å². The maximum Gasteiger partial charge on any atom is 0.144 e. The van der Waals surface area contributed by atoms with Crippen molar-refractivity contribution in [1.29, 1.82) is 0 Å². The monoisotopic (exact) mass is 288 g/mol. The predicted molar refractivity (Wildman–Crippen MR) is 74.0 cm³/mol. The predicted octanol–water partition coefficient (Wildman–Crippen LogP) is 5.10. The summed E-state index contributed by atoms with van der Waals surface area (Å²) in [5.41, 5.74) is 1.43. The first-order valence-electron chi connectivity index (χ1n) is 5.96. The van der Waals surface area contributed by atoms with E-state index in [4.69, 9.17) is 23.2 Å². The summed E-state index contributed by atoms with van der Waals surface area (Å²) in [6.45, 7) is 6.00. The molecular formula is C13H15Cl2FN2. The summed E-state index contributed by atoms with van der Waals surface area (Å²) < 4.78 is 15.6.